The number of aryl methyl sites for hydroxylation is 1. The molecule has 0 radical (unpaired) electrons. The highest BCUT2D eigenvalue weighted by molar-refractivity contribution is 8.14. The second-order valence-electron chi connectivity index (χ2n) is 4.30. The molecule has 0 atom stereocenters. The van der Waals surface area contributed by atoms with E-state index in [1.807, 2.05) is 28.8 Å². The van der Waals surface area contributed by atoms with Crippen molar-refractivity contribution in [1.82, 2.24) is 4.57 Å². The first kappa shape index (κ1) is 17.7. The lowest BCUT2D eigenvalue weighted by Crippen LogP contribution is -2.17. The van der Waals surface area contributed by atoms with Gasteiger partial charge in [-0.3, -0.25) is 10.2 Å². The molecule has 1 aromatic carbocycles. The van der Waals surface area contributed by atoms with Gasteiger partial charge in [-0.25, -0.2) is 0 Å². The van der Waals surface area contributed by atoms with Crippen molar-refractivity contribution in [2.45, 2.75) is 6.54 Å². The van der Waals surface area contributed by atoms with E-state index in [-0.39, 0.29) is 17.5 Å². The van der Waals surface area contributed by atoms with Crippen LogP contribution in [-0.4, -0.2) is 33.8 Å². The van der Waals surface area contributed by atoms with Gasteiger partial charge in [0.1, 0.15) is 0 Å². The van der Waals surface area contributed by atoms with Crippen molar-refractivity contribution >= 4 is 57.1 Å². The zero-order chi connectivity index (χ0) is 16.7. The molecule has 5 nitrogen and oxygen atoms in total. The Bertz CT molecular complexity index is 817. The number of nitrogens with one attached hydrogen (secondary N) is 1. The van der Waals surface area contributed by atoms with E-state index in [0.29, 0.717) is 12.3 Å². The molecule has 0 unspecified atom stereocenters. The van der Waals surface area contributed by atoms with Crippen molar-refractivity contribution in [1.29, 1.82) is 5.41 Å². The first-order valence-electron chi connectivity index (χ1n) is 6.70. The molecule has 23 heavy (non-hydrogen) atoms. The number of esters is 1. The number of fused-ring (bicyclic) bond motifs is 1. The Balaban J connectivity index is 2.17. The monoisotopic (exact) mass is 365 g/mol. The van der Waals surface area contributed by atoms with Gasteiger partial charge in [-0.15, -0.1) is 6.42 Å². The molecule has 2 aromatic rings. The first-order chi connectivity index (χ1) is 11.2. The summed E-state index contributed by atoms with van der Waals surface area (Å²) in [5.74, 6) is 2.46. The summed E-state index contributed by atoms with van der Waals surface area (Å²) >= 11 is 6.80. The summed E-state index contributed by atoms with van der Waals surface area (Å²) in [6.07, 6.45) is 5.01. The fourth-order valence-electron chi connectivity index (χ4n) is 1.83. The van der Waals surface area contributed by atoms with Gasteiger partial charge in [0.15, 0.2) is 16.6 Å². The summed E-state index contributed by atoms with van der Waals surface area (Å²) in [5.41, 5.74) is 1.07. The maximum Gasteiger partial charge on any atom is 0.317 e. The third-order valence-corrected chi connectivity index (χ3v) is 4.76. The second-order valence-corrected chi connectivity index (χ2v) is 6.72. The smallest absolute Gasteiger partial charge is 0.317 e. The zero-order valence-corrected chi connectivity index (χ0v) is 14.7. The minimum absolute atomic E-state index is 0.0154. The first-order valence-corrected chi connectivity index (χ1v) is 9.13. The number of thioether (sulfide) groups is 1. The average Bonchev–Trinajstić information content (AvgIpc) is 2.89. The SMILES string of the molecule is C#CCOC(=O)CSC(=N)/N=c1/sc2ccccc2n1CCS. The predicted molar refractivity (Wildman–Crippen MR) is 99.2 cm³/mol. The Morgan fingerprint density at radius 1 is 1.52 bits per heavy atom. The number of hydrogen-bond acceptors (Lipinski definition) is 6. The molecular weight excluding hydrogens is 350 g/mol. The highest BCUT2D eigenvalue weighted by Gasteiger charge is 2.08. The van der Waals surface area contributed by atoms with E-state index in [9.17, 15) is 4.79 Å². The lowest BCUT2D eigenvalue weighted by Gasteiger charge is -2.02. The third kappa shape index (κ3) is 4.89. The summed E-state index contributed by atoms with van der Waals surface area (Å²) in [6, 6.07) is 7.97. The third-order valence-electron chi connectivity index (χ3n) is 2.75. The van der Waals surface area contributed by atoms with Crippen LogP contribution in [0, 0.1) is 17.8 Å². The van der Waals surface area contributed by atoms with Crippen molar-refractivity contribution in [3.63, 3.8) is 0 Å². The van der Waals surface area contributed by atoms with Gasteiger partial charge in [0.2, 0.25) is 0 Å². The summed E-state index contributed by atoms with van der Waals surface area (Å²) in [4.78, 5) is 16.4. The highest BCUT2D eigenvalue weighted by atomic mass is 32.2. The maximum atomic E-state index is 11.4. The van der Waals surface area contributed by atoms with Gasteiger partial charge in [-0.1, -0.05) is 41.2 Å². The molecular formula is C15H15N3O2S3. The Kier molecular flexibility index (Phi) is 6.77. The number of rotatable bonds is 5. The van der Waals surface area contributed by atoms with Gasteiger partial charge < -0.3 is 9.30 Å². The minimum Gasteiger partial charge on any atom is -0.452 e. The summed E-state index contributed by atoms with van der Waals surface area (Å²) in [6.45, 7) is 0.649. The van der Waals surface area contributed by atoms with E-state index in [1.165, 1.54) is 11.3 Å². The van der Waals surface area contributed by atoms with Gasteiger partial charge >= 0.3 is 5.97 Å². The lowest BCUT2D eigenvalue weighted by atomic mass is 10.3. The maximum absolute atomic E-state index is 11.4. The molecule has 2 rings (SSSR count). The molecule has 1 aromatic heterocycles. The predicted octanol–water partition coefficient (Wildman–Crippen LogP) is 2.38. The van der Waals surface area contributed by atoms with Crippen molar-refractivity contribution in [3.05, 3.63) is 29.1 Å². The average molecular weight is 366 g/mol. The molecule has 0 amide bonds. The number of thiazole rings is 1. The largest absolute Gasteiger partial charge is 0.452 e. The van der Waals surface area contributed by atoms with Gasteiger partial charge in [0.05, 0.1) is 16.0 Å². The molecule has 120 valence electrons. The topological polar surface area (TPSA) is 67.4 Å². The molecule has 1 heterocycles. The van der Waals surface area contributed by atoms with Gasteiger partial charge in [-0.05, 0) is 12.1 Å². The number of thiol groups is 1. The second kappa shape index (κ2) is 8.82. The molecule has 0 saturated carbocycles. The Labute approximate surface area is 147 Å². The van der Waals surface area contributed by atoms with E-state index < -0.39 is 5.97 Å². The fourth-order valence-corrected chi connectivity index (χ4v) is 3.64. The van der Waals surface area contributed by atoms with Crippen molar-refractivity contribution in [2.75, 3.05) is 18.1 Å². The van der Waals surface area contributed by atoms with Crippen LogP contribution in [0.25, 0.3) is 10.2 Å². The molecule has 0 spiro atoms. The molecule has 0 saturated heterocycles. The number of aromatic nitrogens is 1. The molecule has 0 aliphatic heterocycles. The van der Waals surface area contributed by atoms with E-state index in [1.54, 1.807) is 0 Å². The van der Waals surface area contributed by atoms with Crippen molar-refractivity contribution < 1.29 is 9.53 Å². The van der Waals surface area contributed by atoms with E-state index in [2.05, 4.69) is 23.5 Å². The van der Waals surface area contributed by atoms with Crippen LogP contribution in [0.5, 0.6) is 0 Å². The number of carbonyl (C=O) groups is 1. The Hall–Kier alpha value is -1.69. The van der Waals surface area contributed by atoms with Gasteiger partial charge in [0, 0.05) is 12.3 Å². The van der Waals surface area contributed by atoms with Crippen LogP contribution in [0.3, 0.4) is 0 Å². The summed E-state index contributed by atoms with van der Waals surface area (Å²) < 4.78 is 7.88. The minimum atomic E-state index is -0.451. The fraction of sp³-hybridized carbons (Fsp3) is 0.267. The molecule has 0 aliphatic carbocycles. The summed E-state index contributed by atoms with van der Waals surface area (Å²) in [7, 11) is 0. The van der Waals surface area contributed by atoms with Crippen LogP contribution in [0.2, 0.25) is 0 Å². The molecule has 8 heteroatoms. The van der Waals surface area contributed by atoms with Crippen molar-refractivity contribution in [3.8, 4) is 12.3 Å². The molecule has 1 N–H and O–H groups in total. The Morgan fingerprint density at radius 2 is 2.30 bits per heavy atom. The highest BCUT2D eigenvalue weighted by Crippen LogP contribution is 2.17. The number of hydrogen-bond donors (Lipinski definition) is 2. The van der Waals surface area contributed by atoms with Crippen LogP contribution >= 0.6 is 35.7 Å². The van der Waals surface area contributed by atoms with Gasteiger partial charge in [0.25, 0.3) is 0 Å². The summed E-state index contributed by atoms with van der Waals surface area (Å²) in [5, 5.41) is 7.98. The van der Waals surface area contributed by atoms with Crippen LogP contribution in [0.15, 0.2) is 29.3 Å². The van der Waals surface area contributed by atoms with Crippen LogP contribution < -0.4 is 4.80 Å². The molecule has 0 bridgehead atoms. The zero-order valence-electron chi connectivity index (χ0n) is 12.2. The number of carbonyl (C=O) groups excluding carboxylic acids is 1. The van der Waals surface area contributed by atoms with E-state index >= 15 is 0 Å². The normalized spacial score (nSPS) is 11.4. The standard InChI is InChI=1S/C15H15N3O2S3/c1-2-8-20-13(19)10-22-14(16)17-15-18(7-9-21)11-5-3-4-6-12(11)23-15/h1,3-6,16,21H,7-10H2/b16-14?,17-15+. The number of benzene rings is 1. The number of nitrogens with zero attached hydrogens (tertiary/aromatic N) is 2. The molecule has 0 fully saturated rings. The van der Waals surface area contributed by atoms with Crippen LogP contribution in [0.1, 0.15) is 0 Å². The molecule has 0 aliphatic rings. The number of ether oxygens (including phenoxy) is 1. The number of amidine groups is 1. The van der Waals surface area contributed by atoms with Crippen LogP contribution in [0.4, 0.5) is 0 Å². The van der Waals surface area contributed by atoms with Crippen molar-refractivity contribution in [2.24, 2.45) is 4.99 Å². The van der Waals surface area contributed by atoms with E-state index in [4.69, 9.17) is 16.6 Å². The Morgan fingerprint density at radius 3 is 3.04 bits per heavy atom. The van der Waals surface area contributed by atoms with Crippen LogP contribution in [-0.2, 0) is 16.1 Å². The van der Waals surface area contributed by atoms with Gasteiger partial charge in [-0.2, -0.15) is 17.6 Å². The number of terminal acetylenes is 1. The van der Waals surface area contributed by atoms with E-state index in [0.717, 1.165) is 26.8 Å². The number of para-hydroxylation sites is 1. The lowest BCUT2D eigenvalue weighted by molar-refractivity contribution is -0.138. The quantitative estimate of drug-likeness (QED) is 0.281.